The summed E-state index contributed by atoms with van der Waals surface area (Å²) in [6.07, 6.45) is 1.35. The van der Waals surface area contributed by atoms with Crippen molar-refractivity contribution in [2.75, 3.05) is 6.61 Å². The number of carbonyl (C=O) groups is 1. The zero-order chi connectivity index (χ0) is 10.9. The van der Waals surface area contributed by atoms with Crippen LogP contribution < -0.4 is 5.73 Å². The molecular weight excluding hydrogens is 214 g/mol. The number of halogens is 1. The van der Waals surface area contributed by atoms with Gasteiger partial charge < -0.3 is 10.5 Å². The summed E-state index contributed by atoms with van der Waals surface area (Å²) in [5.74, 6) is -0.387. The van der Waals surface area contributed by atoms with Crippen LogP contribution >= 0.6 is 11.6 Å². The third-order valence-corrected chi connectivity index (χ3v) is 3.00. The number of benzene rings is 1. The average molecular weight is 226 g/mol. The molecule has 1 saturated heterocycles. The van der Waals surface area contributed by atoms with Crippen molar-refractivity contribution in [1.82, 2.24) is 0 Å². The second-order valence-corrected chi connectivity index (χ2v) is 4.10. The first kappa shape index (κ1) is 10.5. The van der Waals surface area contributed by atoms with Crippen LogP contribution in [0.15, 0.2) is 24.3 Å². The zero-order valence-corrected chi connectivity index (χ0v) is 8.96. The first-order valence-corrected chi connectivity index (χ1v) is 5.23. The van der Waals surface area contributed by atoms with Crippen LogP contribution in [0.5, 0.6) is 0 Å². The number of ether oxygens (including phenoxy) is 1. The summed E-state index contributed by atoms with van der Waals surface area (Å²) in [4.78, 5) is 11.7. The number of esters is 1. The van der Waals surface area contributed by atoms with Gasteiger partial charge in [0.1, 0.15) is 5.54 Å². The van der Waals surface area contributed by atoms with Gasteiger partial charge in [-0.2, -0.15) is 0 Å². The Hall–Kier alpha value is -1.06. The van der Waals surface area contributed by atoms with Crippen molar-refractivity contribution in [3.05, 3.63) is 34.9 Å². The maximum absolute atomic E-state index is 11.7. The van der Waals surface area contributed by atoms with E-state index in [1.807, 2.05) is 12.1 Å². The molecule has 4 heteroatoms. The Labute approximate surface area is 93.2 Å². The van der Waals surface area contributed by atoms with E-state index in [9.17, 15) is 4.79 Å². The highest BCUT2D eigenvalue weighted by Gasteiger charge is 2.41. The van der Waals surface area contributed by atoms with E-state index >= 15 is 0 Å². The highest BCUT2D eigenvalue weighted by molar-refractivity contribution is 6.31. The second-order valence-electron chi connectivity index (χ2n) is 3.69. The molecule has 0 aromatic heterocycles. The van der Waals surface area contributed by atoms with Gasteiger partial charge in [-0.15, -0.1) is 0 Å². The number of cyclic esters (lactones) is 1. The molecule has 2 rings (SSSR count). The van der Waals surface area contributed by atoms with E-state index in [1.165, 1.54) is 0 Å². The second kappa shape index (κ2) is 3.83. The normalized spacial score (nSPS) is 26.1. The van der Waals surface area contributed by atoms with Crippen molar-refractivity contribution in [1.29, 1.82) is 0 Å². The predicted molar refractivity (Wildman–Crippen MR) is 57.5 cm³/mol. The van der Waals surface area contributed by atoms with Gasteiger partial charge in [0.15, 0.2) is 0 Å². The molecule has 2 N–H and O–H groups in total. The molecule has 0 aliphatic carbocycles. The molecule has 0 bridgehead atoms. The SMILES string of the molecule is N[C@@]1(c2ccccc2Cl)CCCOC1=O. The minimum Gasteiger partial charge on any atom is -0.464 e. The molecule has 1 fully saturated rings. The Morgan fingerprint density at radius 3 is 2.80 bits per heavy atom. The van der Waals surface area contributed by atoms with Gasteiger partial charge in [-0.25, -0.2) is 4.79 Å². The first-order chi connectivity index (χ1) is 7.14. The largest absolute Gasteiger partial charge is 0.464 e. The quantitative estimate of drug-likeness (QED) is 0.742. The summed E-state index contributed by atoms with van der Waals surface area (Å²) < 4.78 is 4.98. The Morgan fingerprint density at radius 2 is 2.13 bits per heavy atom. The summed E-state index contributed by atoms with van der Waals surface area (Å²) >= 11 is 6.02. The highest BCUT2D eigenvalue weighted by atomic mass is 35.5. The van der Waals surface area contributed by atoms with Crippen molar-refractivity contribution in [2.24, 2.45) is 5.73 Å². The van der Waals surface area contributed by atoms with Crippen molar-refractivity contribution >= 4 is 17.6 Å². The van der Waals surface area contributed by atoms with E-state index in [-0.39, 0.29) is 5.97 Å². The fraction of sp³-hybridized carbons (Fsp3) is 0.364. The van der Waals surface area contributed by atoms with Gasteiger partial charge in [0.2, 0.25) is 0 Å². The maximum atomic E-state index is 11.7. The lowest BCUT2D eigenvalue weighted by molar-refractivity contribution is -0.155. The molecule has 80 valence electrons. The number of carbonyl (C=O) groups excluding carboxylic acids is 1. The zero-order valence-electron chi connectivity index (χ0n) is 8.20. The number of hydrogen-bond acceptors (Lipinski definition) is 3. The standard InChI is InChI=1S/C11H12ClNO2/c12-9-5-2-1-4-8(9)11(13)6-3-7-15-10(11)14/h1-2,4-5H,3,6-7,13H2/t11-/m1/s1. The summed E-state index contributed by atoms with van der Waals surface area (Å²) in [7, 11) is 0. The van der Waals surface area contributed by atoms with Crippen molar-refractivity contribution in [2.45, 2.75) is 18.4 Å². The molecule has 0 amide bonds. The molecule has 3 nitrogen and oxygen atoms in total. The highest BCUT2D eigenvalue weighted by Crippen LogP contribution is 2.33. The van der Waals surface area contributed by atoms with Gasteiger partial charge in [0.25, 0.3) is 0 Å². The fourth-order valence-electron chi connectivity index (χ4n) is 1.81. The minimum atomic E-state index is -1.07. The molecule has 0 spiro atoms. The van der Waals surface area contributed by atoms with E-state index in [2.05, 4.69) is 0 Å². The molecule has 1 aromatic carbocycles. The van der Waals surface area contributed by atoms with Crippen LogP contribution in [-0.4, -0.2) is 12.6 Å². The van der Waals surface area contributed by atoms with Crippen LogP contribution in [-0.2, 0) is 15.1 Å². The lowest BCUT2D eigenvalue weighted by Crippen LogP contribution is -2.49. The van der Waals surface area contributed by atoms with E-state index in [4.69, 9.17) is 22.1 Å². The van der Waals surface area contributed by atoms with Gasteiger partial charge in [0, 0.05) is 10.6 Å². The Morgan fingerprint density at radius 1 is 1.40 bits per heavy atom. The van der Waals surface area contributed by atoms with Gasteiger partial charge in [0.05, 0.1) is 6.61 Å². The molecule has 0 saturated carbocycles. The molecule has 1 heterocycles. The molecule has 0 unspecified atom stereocenters. The summed E-state index contributed by atoms with van der Waals surface area (Å²) in [5, 5.41) is 0.513. The maximum Gasteiger partial charge on any atom is 0.330 e. The van der Waals surface area contributed by atoms with Crippen LogP contribution in [0.1, 0.15) is 18.4 Å². The molecular formula is C11H12ClNO2. The van der Waals surface area contributed by atoms with Crippen LogP contribution in [0.25, 0.3) is 0 Å². The van der Waals surface area contributed by atoms with Crippen LogP contribution in [0, 0.1) is 0 Å². The fourth-order valence-corrected chi connectivity index (χ4v) is 2.12. The van der Waals surface area contributed by atoms with Gasteiger partial charge in [-0.1, -0.05) is 29.8 Å². The third kappa shape index (κ3) is 1.73. The Kier molecular flexibility index (Phi) is 2.67. The average Bonchev–Trinajstić information content (AvgIpc) is 2.23. The van der Waals surface area contributed by atoms with Crippen molar-refractivity contribution in [3.8, 4) is 0 Å². The molecule has 1 aliphatic rings. The predicted octanol–water partition coefficient (Wildman–Crippen LogP) is 1.83. The number of hydrogen-bond donors (Lipinski definition) is 1. The van der Waals surface area contributed by atoms with E-state index in [1.54, 1.807) is 12.1 Å². The topological polar surface area (TPSA) is 52.3 Å². The van der Waals surface area contributed by atoms with Gasteiger partial charge in [-0.3, -0.25) is 0 Å². The van der Waals surface area contributed by atoms with Crippen molar-refractivity contribution < 1.29 is 9.53 Å². The smallest absolute Gasteiger partial charge is 0.330 e. The van der Waals surface area contributed by atoms with Crippen LogP contribution in [0.2, 0.25) is 5.02 Å². The molecule has 1 aliphatic heterocycles. The van der Waals surface area contributed by atoms with E-state index in [0.29, 0.717) is 23.6 Å². The summed E-state index contributed by atoms with van der Waals surface area (Å²) in [6, 6.07) is 7.13. The monoisotopic (exact) mass is 225 g/mol. The minimum absolute atomic E-state index is 0.387. The molecule has 1 atom stereocenters. The van der Waals surface area contributed by atoms with Gasteiger partial charge >= 0.3 is 5.97 Å². The third-order valence-electron chi connectivity index (χ3n) is 2.67. The van der Waals surface area contributed by atoms with E-state index in [0.717, 1.165) is 6.42 Å². The van der Waals surface area contributed by atoms with E-state index < -0.39 is 5.54 Å². The Balaban J connectivity index is 2.44. The van der Waals surface area contributed by atoms with Crippen LogP contribution in [0.4, 0.5) is 0 Å². The van der Waals surface area contributed by atoms with Crippen molar-refractivity contribution in [3.63, 3.8) is 0 Å². The molecule has 0 radical (unpaired) electrons. The molecule has 1 aromatic rings. The van der Waals surface area contributed by atoms with Crippen LogP contribution in [0.3, 0.4) is 0 Å². The Bertz CT molecular complexity index is 394. The lowest BCUT2D eigenvalue weighted by Gasteiger charge is -2.32. The summed E-state index contributed by atoms with van der Waals surface area (Å²) in [6.45, 7) is 0.447. The van der Waals surface area contributed by atoms with Gasteiger partial charge in [-0.05, 0) is 18.9 Å². The number of rotatable bonds is 1. The molecule has 15 heavy (non-hydrogen) atoms. The first-order valence-electron chi connectivity index (χ1n) is 4.86. The summed E-state index contributed by atoms with van der Waals surface area (Å²) in [5.41, 5.74) is 5.64. The lowest BCUT2D eigenvalue weighted by atomic mass is 9.85. The number of nitrogens with two attached hydrogens (primary N) is 1.